The molecule has 0 spiro atoms. The number of pyridine rings is 1. The van der Waals surface area contributed by atoms with Gasteiger partial charge in [-0.3, -0.25) is 24.5 Å². The number of rotatable bonds is 5. The van der Waals surface area contributed by atoms with E-state index in [2.05, 4.69) is 36.9 Å². The standard InChI is InChI=1S/C19H12Br2N4O5/c1-10-13(7-22)18(26)24(9-12-3-2-4-30-12)19(27)14(10)8-23-17-15(20)5-11(25(28)29)6-16(17)21/h2-6,8,27H,9H2,1H3. The predicted molar refractivity (Wildman–Crippen MR) is 115 cm³/mol. The molecule has 30 heavy (non-hydrogen) atoms. The van der Waals surface area contributed by atoms with Crippen LogP contribution in [0, 0.1) is 28.4 Å². The molecule has 2 aromatic heterocycles. The van der Waals surface area contributed by atoms with Crippen molar-refractivity contribution in [2.75, 3.05) is 0 Å². The number of nitrogens with zero attached hydrogens (tertiary/aromatic N) is 4. The minimum atomic E-state index is -0.654. The molecule has 0 bridgehead atoms. The minimum Gasteiger partial charge on any atom is -0.494 e. The van der Waals surface area contributed by atoms with Crippen molar-refractivity contribution in [3.05, 3.63) is 82.4 Å². The molecule has 0 aliphatic rings. The van der Waals surface area contributed by atoms with Crippen molar-refractivity contribution < 1.29 is 14.4 Å². The Morgan fingerprint density at radius 1 is 1.40 bits per heavy atom. The molecule has 0 saturated heterocycles. The largest absolute Gasteiger partial charge is 0.494 e. The lowest BCUT2D eigenvalue weighted by molar-refractivity contribution is -0.385. The Morgan fingerprint density at radius 3 is 2.60 bits per heavy atom. The number of aromatic hydroxyl groups is 1. The number of nitro groups is 1. The first-order valence-corrected chi connectivity index (χ1v) is 9.89. The third-order valence-electron chi connectivity index (χ3n) is 4.28. The third kappa shape index (κ3) is 4.05. The summed E-state index contributed by atoms with van der Waals surface area (Å²) in [6.07, 6.45) is 2.73. The molecule has 9 nitrogen and oxygen atoms in total. The lowest BCUT2D eigenvalue weighted by Crippen LogP contribution is -2.25. The average molecular weight is 536 g/mol. The van der Waals surface area contributed by atoms with Gasteiger partial charge in [-0.25, -0.2) is 0 Å². The molecule has 1 N–H and O–H groups in total. The van der Waals surface area contributed by atoms with Crippen LogP contribution in [0.1, 0.15) is 22.5 Å². The molecule has 11 heteroatoms. The van der Waals surface area contributed by atoms with Crippen LogP contribution < -0.4 is 5.56 Å². The van der Waals surface area contributed by atoms with Crippen LogP contribution in [-0.2, 0) is 6.54 Å². The first-order valence-electron chi connectivity index (χ1n) is 8.31. The van der Waals surface area contributed by atoms with E-state index in [1.165, 1.54) is 31.5 Å². The smallest absolute Gasteiger partial charge is 0.271 e. The zero-order chi connectivity index (χ0) is 22.0. The zero-order valence-electron chi connectivity index (χ0n) is 15.3. The van der Waals surface area contributed by atoms with Crippen LogP contribution in [0.5, 0.6) is 5.88 Å². The second-order valence-electron chi connectivity index (χ2n) is 6.09. The molecule has 0 aliphatic heterocycles. The van der Waals surface area contributed by atoms with Crippen LogP contribution in [-0.4, -0.2) is 20.8 Å². The molecule has 0 unspecified atom stereocenters. The molecule has 1 aromatic carbocycles. The van der Waals surface area contributed by atoms with E-state index < -0.39 is 10.5 Å². The highest BCUT2D eigenvalue weighted by Crippen LogP contribution is 2.37. The Hall–Kier alpha value is -3.23. The molecule has 0 aliphatic carbocycles. The maximum Gasteiger partial charge on any atom is 0.271 e. The number of nitriles is 1. The number of furan rings is 1. The number of hydrogen-bond acceptors (Lipinski definition) is 7. The van der Waals surface area contributed by atoms with Crippen LogP contribution >= 0.6 is 31.9 Å². The van der Waals surface area contributed by atoms with Gasteiger partial charge < -0.3 is 9.52 Å². The Bertz CT molecular complexity index is 1250. The Balaban J connectivity index is 2.14. The number of benzene rings is 1. The summed E-state index contributed by atoms with van der Waals surface area (Å²) < 4.78 is 6.94. The summed E-state index contributed by atoms with van der Waals surface area (Å²) in [7, 11) is 0. The molecule has 0 radical (unpaired) electrons. The molecule has 0 atom stereocenters. The van der Waals surface area contributed by atoms with Gasteiger partial charge in [0.05, 0.1) is 37.9 Å². The fourth-order valence-electron chi connectivity index (χ4n) is 2.74. The van der Waals surface area contributed by atoms with Gasteiger partial charge in [-0.05, 0) is 56.5 Å². The van der Waals surface area contributed by atoms with Crippen LogP contribution in [0.15, 0.2) is 53.7 Å². The normalized spacial score (nSPS) is 11.0. The van der Waals surface area contributed by atoms with E-state index in [-0.39, 0.29) is 34.8 Å². The minimum absolute atomic E-state index is 0.0710. The molecular weight excluding hydrogens is 524 g/mol. The first-order chi connectivity index (χ1) is 14.2. The van der Waals surface area contributed by atoms with Crippen molar-refractivity contribution in [3.8, 4) is 11.9 Å². The number of aliphatic imine (C=N–C) groups is 1. The zero-order valence-corrected chi connectivity index (χ0v) is 18.5. The predicted octanol–water partition coefficient (Wildman–Crippen LogP) is 4.56. The van der Waals surface area contributed by atoms with Gasteiger partial charge in [0.15, 0.2) is 0 Å². The van der Waals surface area contributed by atoms with E-state index in [1.807, 2.05) is 6.07 Å². The van der Waals surface area contributed by atoms with Crippen molar-refractivity contribution in [3.63, 3.8) is 0 Å². The van der Waals surface area contributed by atoms with E-state index in [4.69, 9.17) is 4.42 Å². The number of non-ortho nitro benzene ring substituents is 1. The number of hydrogen-bond donors (Lipinski definition) is 1. The van der Waals surface area contributed by atoms with Crippen molar-refractivity contribution in [1.29, 1.82) is 5.26 Å². The van der Waals surface area contributed by atoms with Gasteiger partial charge in [0.25, 0.3) is 11.2 Å². The van der Waals surface area contributed by atoms with Gasteiger partial charge in [0.1, 0.15) is 17.4 Å². The Morgan fingerprint density at radius 2 is 2.07 bits per heavy atom. The highest BCUT2D eigenvalue weighted by Gasteiger charge is 2.19. The number of nitro benzene ring substituents is 1. The lowest BCUT2D eigenvalue weighted by Gasteiger charge is -2.13. The van der Waals surface area contributed by atoms with Crippen molar-refractivity contribution >= 4 is 49.4 Å². The monoisotopic (exact) mass is 534 g/mol. The molecule has 2 heterocycles. The summed E-state index contributed by atoms with van der Waals surface area (Å²) in [5.41, 5.74) is -0.169. The van der Waals surface area contributed by atoms with Gasteiger partial charge in [-0.15, -0.1) is 0 Å². The van der Waals surface area contributed by atoms with Gasteiger partial charge >= 0.3 is 0 Å². The van der Waals surface area contributed by atoms with E-state index in [0.717, 1.165) is 4.57 Å². The van der Waals surface area contributed by atoms with E-state index in [0.29, 0.717) is 20.4 Å². The Kier molecular flexibility index (Phi) is 6.19. The van der Waals surface area contributed by atoms with Gasteiger partial charge in [0, 0.05) is 18.3 Å². The van der Waals surface area contributed by atoms with Crippen LogP contribution in [0.3, 0.4) is 0 Å². The van der Waals surface area contributed by atoms with Crippen LogP contribution in [0.4, 0.5) is 11.4 Å². The Labute approximate surface area is 186 Å². The van der Waals surface area contributed by atoms with E-state index >= 15 is 0 Å². The second-order valence-corrected chi connectivity index (χ2v) is 7.80. The summed E-state index contributed by atoms with van der Waals surface area (Å²) in [5.74, 6) is 0.0368. The third-order valence-corrected chi connectivity index (χ3v) is 5.48. The second kappa shape index (κ2) is 8.64. The quantitative estimate of drug-likeness (QED) is 0.289. The number of halogens is 2. The summed E-state index contributed by atoms with van der Waals surface area (Å²) in [4.78, 5) is 27.3. The van der Waals surface area contributed by atoms with Crippen LogP contribution in [0.25, 0.3) is 0 Å². The van der Waals surface area contributed by atoms with Gasteiger partial charge in [0.2, 0.25) is 5.88 Å². The molecule has 0 amide bonds. The highest BCUT2D eigenvalue weighted by molar-refractivity contribution is 9.11. The molecule has 3 aromatic rings. The van der Waals surface area contributed by atoms with Crippen LogP contribution in [0.2, 0.25) is 0 Å². The summed E-state index contributed by atoms with van der Waals surface area (Å²) in [5, 5.41) is 31.1. The molecular formula is C19H12Br2N4O5. The van der Waals surface area contributed by atoms with Crippen molar-refractivity contribution in [2.45, 2.75) is 13.5 Å². The highest BCUT2D eigenvalue weighted by atomic mass is 79.9. The maximum atomic E-state index is 12.6. The summed E-state index contributed by atoms with van der Waals surface area (Å²) >= 11 is 6.48. The van der Waals surface area contributed by atoms with Gasteiger partial charge in [-0.2, -0.15) is 5.26 Å². The first kappa shape index (κ1) is 21.5. The maximum absolute atomic E-state index is 12.6. The summed E-state index contributed by atoms with van der Waals surface area (Å²) in [6, 6.07) is 7.73. The fraction of sp³-hybridized carbons (Fsp3) is 0.105. The van der Waals surface area contributed by atoms with E-state index in [9.17, 15) is 25.3 Å². The van der Waals surface area contributed by atoms with Gasteiger partial charge in [-0.1, -0.05) is 0 Å². The van der Waals surface area contributed by atoms with E-state index in [1.54, 1.807) is 12.1 Å². The topological polar surface area (TPSA) is 135 Å². The average Bonchev–Trinajstić information content (AvgIpc) is 3.20. The molecule has 0 saturated carbocycles. The van der Waals surface area contributed by atoms with Crippen molar-refractivity contribution in [2.24, 2.45) is 4.99 Å². The fourth-order valence-corrected chi connectivity index (χ4v) is 4.11. The lowest BCUT2D eigenvalue weighted by atomic mass is 10.1. The molecule has 3 rings (SSSR count). The summed E-state index contributed by atoms with van der Waals surface area (Å²) in [6.45, 7) is 1.45. The molecule has 152 valence electrons. The number of aromatic nitrogens is 1. The van der Waals surface area contributed by atoms with Crippen molar-refractivity contribution in [1.82, 2.24) is 4.57 Å². The SMILES string of the molecule is Cc1c(C=Nc2c(Br)cc([N+](=O)[O-])cc2Br)c(O)n(Cc2ccco2)c(=O)c1C#N. The molecule has 0 fully saturated rings.